The van der Waals surface area contributed by atoms with Crippen LogP contribution < -0.4 is 10.9 Å². The lowest BCUT2D eigenvalue weighted by Gasteiger charge is -2.14. The number of anilines is 2. The minimum atomic E-state index is -0.473. The van der Waals surface area contributed by atoms with Crippen LogP contribution in [0.1, 0.15) is 11.1 Å². The van der Waals surface area contributed by atoms with E-state index in [0.29, 0.717) is 10.9 Å². The predicted molar refractivity (Wildman–Crippen MR) is 112 cm³/mol. The Bertz CT molecular complexity index is 1190. The third-order valence-corrected chi connectivity index (χ3v) is 5.20. The quantitative estimate of drug-likeness (QED) is 0.485. The van der Waals surface area contributed by atoms with Gasteiger partial charge in [-0.3, -0.25) is 9.47 Å². The standard InChI is InChI=1S/C21H18FN5OS/c1-15-7-6-8-16(13-15)14-29-21-25-24-19(23-18-10-3-2-9-17(18)22)20(28)27(21)26-11-4-5-12-26/h2-13H,14H2,1H3,(H,23,24). The van der Waals surface area contributed by atoms with Crippen molar-refractivity contribution in [2.45, 2.75) is 17.8 Å². The maximum absolute atomic E-state index is 14.0. The Hall–Kier alpha value is -3.39. The molecule has 0 saturated carbocycles. The van der Waals surface area contributed by atoms with E-state index in [1.807, 2.05) is 37.3 Å². The van der Waals surface area contributed by atoms with Crippen LogP contribution in [-0.2, 0) is 5.75 Å². The van der Waals surface area contributed by atoms with Gasteiger partial charge in [0.15, 0.2) is 0 Å². The van der Waals surface area contributed by atoms with Crippen LogP contribution in [0.3, 0.4) is 0 Å². The molecule has 2 aromatic heterocycles. The van der Waals surface area contributed by atoms with Crippen LogP contribution in [0.2, 0.25) is 0 Å². The van der Waals surface area contributed by atoms with Gasteiger partial charge in [-0.05, 0) is 36.8 Å². The van der Waals surface area contributed by atoms with Gasteiger partial charge < -0.3 is 5.32 Å². The lowest BCUT2D eigenvalue weighted by Crippen LogP contribution is -2.30. The molecule has 0 saturated heterocycles. The first kappa shape index (κ1) is 18.9. The summed E-state index contributed by atoms with van der Waals surface area (Å²) in [5, 5.41) is 11.4. The molecule has 0 aliphatic heterocycles. The fourth-order valence-corrected chi connectivity index (χ4v) is 3.71. The zero-order valence-corrected chi connectivity index (χ0v) is 16.4. The van der Waals surface area contributed by atoms with E-state index in [0.717, 1.165) is 5.56 Å². The summed E-state index contributed by atoms with van der Waals surface area (Å²) in [5.74, 6) is 0.111. The third kappa shape index (κ3) is 4.22. The molecule has 2 heterocycles. The summed E-state index contributed by atoms with van der Waals surface area (Å²) in [6.07, 6.45) is 3.49. The molecule has 29 heavy (non-hydrogen) atoms. The average molecular weight is 407 g/mol. The van der Waals surface area contributed by atoms with Crippen molar-refractivity contribution in [3.63, 3.8) is 0 Å². The summed E-state index contributed by atoms with van der Waals surface area (Å²) < 4.78 is 17.0. The van der Waals surface area contributed by atoms with E-state index in [4.69, 9.17) is 0 Å². The number of rotatable bonds is 6. The highest BCUT2D eigenvalue weighted by atomic mass is 32.2. The van der Waals surface area contributed by atoms with E-state index in [2.05, 4.69) is 21.6 Å². The number of halogens is 1. The molecular formula is C21H18FN5OS. The van der Waals surface area contributed by atoms with Crippen LogP contribution in [0.15, 0.2) is 83.0 Å². The summed E-state index contributed by atoms with van der Waals surface area (Å²) in [6.45, 7) is 2.03. The molecule has 0 amide bonds. The highest BCUT2D eigenvalue weighted by molar-refractivity contribution is 7.98. The van der Waals surface area contributed by atoms with E-state index >= 15 is 0 Å². The molecular weight excluding hydrogens is 389 g/mol. The van der Waals surface area contributed by atoms with Crippen LogP contribution >= 0.6 is 11.8 Å². The van der Waals surface area contributed by atoms with Gasteiger partial charge in [-0.1, -0.05) is 53.7 Å². The normalized spacial score (nSPS) is 10.8. The molecule has 0 aliphatic rings. The van der Waals surface area contributed by atoms with Crippen molar-refractivity contribution >= 4 is 23.3 Å². The Morgan fingerprint density at radius 3 is 2.59 bits per heavy atom. The molecule has 4 rings (SSSR count). The van der Waals surface area contributed by atoms with Gasteiger partial charge in [0.05, 0.1) is 5.69 Å². The van der Waals surface area contributed by atoms with Gasteiger partial charge in [0.1, 0.15) is 5.82 Å². The van der Waals surface area contributed by atoms with Crippen LogP contribution in [0.25, 0.3) is 0 Å². The fraction of sp³-hybridized carbons (Fsp3) is 0.0952. The molecule has 6 nitrogen and oxygen atoms in total. The second kappa shape index (κ2) is 8.32. The average Bonchev–Trinajstić information content (AvgIpc) is 3.24. The Balaban J connectivity index is 1.69. The number of nitrogens with one attached hydrogen (secondary N) is 1. The molecule has 0 atom stereocenters. The van der Waals surface area contributed by atoms with E-state index < -0.39 is 11.4 Å². The Morgan fingerprint density at radius 1 is 1.03 bits per heavy atom. The Labute approximate surface area is 171 Å². The van der Waals surface area contributed by atoms with Crippen molar-refractivity contribution < 1.29 is 4.39 Å². The summed E-state index contributed by atoms with van der Waals surface area (Å²) in [7, 11) is 0. The number of aryl methyl sites for hydroxylation is 1. The second-order valence-corrected chi connectivity index (χ2v) is 7.34. The number of para-hydroxylation sites is 1. The summed E-state index contributed by atoms with van der Waals surface area (Å²) in [4.78, 5) is 13.1. The maximum atomic E-state index is 14.0. The van der Waals surface area contributed by atoms with Gasteiger partial charge >= 0.3 is 5.56 Å². The Kier molecular flexibility index (Phi) is 5.44. The largest absolute Gasteiger partial charge is 0.332 e. The van der Waals surface area contributed by atoms with Crippen molar-refractivity contribution in [2.24, 2.45) is 0 Å². The number of thioether (sulfide) groups is 1. The first-order valence-electron chi connectivity index (χ1n) is 8.95. The maximum Gasteiger partial charge on any atom is 0.316 e. The van der Waals surface area contributed by atoms with Gasteiger partial charge in [-0.15, -0.1) is 10.2 Å². The third-order valence-electron chi connectivity index (χ3n) is 4.21. The van der Waals surface area contributed by atoms with Gasteiger partial charge in [0.25, 0.3) is 0 Å². The number of nitrogens with zero attached hydrogens (tertiary/aromatic N) is 4. The number of hydrogen-bond donors (Lipinski definition) is 1. The minimum Gasteiger partial charge on any atom is -0.332 e. The van der Waals surface area contributed by atoms with Crippen molar-refractivity contribution in [3.8, 4) is 0 Å². The number of hydrogen-bond acceptors (Lipinski definition) is 5. The van der Waals surface area contributed by atoms with E-state index in [-0.39, 0.29) is 11.5 Å². The lowest BCUT2D eigenvalue weighted by molar-refractivity contribution is 0.532. The van der Waals surface area contributed by atoms with Crippen molar-refractivity contribution in [2.75, 3.05) is 5.32 Å². The number of aromatic nitrogens is 4. The molecule has 2 aromatic carbocycles. The fourth-order valence-electron chi connectivity index (χ4n) is 2.84. The Morgan fingerprint density at radius 2 is 1.83 bits per heavy atom. The highest BCUT2D eigenvalue weighted by Gasteiger charge is 2.15. The topological polar surface area (TPSA) is 64.7 Å². The zero-order valence-electron chi connectivity index (χ0n) is 15.6. The molecule has 0 bridgehead atoms. The monoisotopic (exact) mass is 407 g/mol. The van der Waals surface area contributed by atoms with E-state index in [9.17, 15) is 9.18 Å². The van der Waals surface area contributed by atoms with Crippen molar-refractivity contribution in [1.82, 2.24) is 19.5 Å². The molecule has 0 radical (unpaired) electrons. The van der Waals surface area contributed by atoms with Crippen LogP contribution in [0.5, 0.6) is 0 Å². The van der Waals surface area contributed by atoms with Crippen LogP contribution in [-0.4, -0.2) is 19.5 Å². The molecule has 8 heteroatoms. The lowest BCUT2D eigenvalue weighted by atomic mass is 10.2. The smallest absolute Gasteiger partial charge is 0.316 e. The van der Waals surface area contributed by atoms with Gasteiger partial charge in [-0.2, -0.15) is 4.68 Å². The minimum absolute atomic E-state index is 0.0521. The molecule has 1 N–H and O–H groups in total. The molecule has 0 fully saturated rings. The summed E-state index contributed by atoms with van der Waals surface area (Å²) >= 11 is 1.41. The van der Waals surface area contributed by atoms with Crippen molar-refractivity contribution in [3.05, 3.63) is 100 Å². The second-order valence-electron chi connectivity index (χ2n) is 6.39. The van der Waals surface area contributed by atoms with Crippen LogP contribution in [0, 0.1) is 12.7 Å². The van der Waals surface area contributed by atoms with Crippen LogP contribution in [0.4, 0.5) is 15.9 Å². The summed E-state index contributed by atoms with van der Waals surface area (Å²) in [5.41, 5.74) is 2.03. The molecule has 146 valence electrons. The highest BCUT2D eigenvalue weighted by Crippen LogP contribution is 2.22. The molecule has 0 aliphatic carbocycles. The molecule has 0 spiro atoms. The summed E-state index contributed by atoms with van der Waals surface area (Å²) in [6, 6.07) is 17.9. The number of benzene rings is 2. The van der Waals surface area contributed by atoms with Crippen molar-refractivity contribution in [1.29, 1.82) is 0 Å². The van der Waals surface area contributed by atoms with Gasteiger partial charge in [0, 0.05) is 18.1 Å². The van der Waals surface area contributed by atoms with Gasteiger partial charge in [-0.25, -0.2) is 4.39 Å². The SMILES string of the molecule is Cc1cccc(CSc2nnc(Nc3ccccc3F)c(=O)n2-n2cccc2)c1. The predicted octanol–water partition coefficient (Wildman–Crippen LogP) is 4.23. The first-order chi connectivity index (χ1) is 14.1. The zero-order chi connectivity index (χ0) is 20.2. The first-order valence-corrected chi connectivity index (χ1v) is 9.93. The molecule has 4 aromatic rings. The van der Waals surface area contributed by atoms with E-state index in [1.165, 1.54) is 34.1 Å². The van der Waals surface area contributed by atoms with E-state index in [1.54, 1.807) is 29.2 Å². The molecule has 0 unspecified atom stereocenters. The van der Waals surface area contributed by atoms with Gasteiger partial charge in [0.2, 0.25) is 11.0 Å².